The summed E-state index contributed by atoms with van der Waals surface area (Å²) in [5.74, 6) is 0. The summed E-state index contributed by atoms with van der Waals surface area (Å²) in [4.78, 5) is 7.29. The maximum absolute atomic E-state index is 6.49. The van der Waals surface area contributed by atoms with Crippen LogP contribution in [0.3, 0.4) is 0 Å². The van der Waals surface area contributed by atoms with Crippen molar-refractivity contribution in [2.24, 2.45) is 0 Å². The summed E-state index contributed by atoms with van der Waals surface area (Å²) in [5, 5.41) is 8.41. The van der Waals surface area contributed by atoms with E-state index in [-0.39, 0.29) is 0 Å². The topological polar surface area (TPSA) is 29.3 Å². The number of benzene rings is 8. The van der Waals surface area contributed by atoms with E-state index in [0.29, 0.717) is 0 Å². The van der Waals surface area contributed by atoms with Crippen LogP contribution in [0.15, 0.2) is 162 Å². The second kappa shape index (κ2) is 12.5. The molecule has 0 aliphatic carbocycles. The molecular formula is C51H38N2O. The molecule has 0 atom stereocenters. The minimum absolute atomic E-state index is 0.763. The number of anilines is 3. The van der Waals surface area contributed by atoms with Gasteiger partial charge in [0, 0.05) is 22.8 Å². The summed E-state index contributed by atoms with van der Waals surface area (Å²) in [6.07, 6.45) is 1.97. The molecule has 3 nitrogen and oxygen atoms in total. The number of furan rings is 1. The first-order valence-corrected chi connectivity index (χ1v) is 18.6. The third-order valence-electron chi connectivity index (χ3n) is 11.2. The average molecular weight is 695 g/mol. The van der Waals surface area contributed by atoms with Gasteiger partial charge in [-0.2, -0.15) is 0 Å². The summed E-state index contributed by atoms with van der Waals surface area (Å²) in [6, 6.07) is 55.1. The van der Waals surface area contributed by atoms with Crippen LogP contribution in [0.25, 0.3) is 76.6 Å². The first kappa shape index (κ1) is 32.0. The van der Waals surface area contributed by atoms with Gasteiger partial charge in [0.1, 0.15) is 11.1 Å². The molecule has 3 heteroatoms. The van der Waals surface area contributed by atoms with E-state index < -0.39 is 0 Å². The molecule has 8 aromatic carbocycles. The second-order valence-corrected chi connectivity index (χ2v) is 14.8. The van der Waals surface area contributed by atoms with E-state index in [0.717, 1.165) is 44.5 Å². The average Bonchev–Trinajstić information content (AvgIpc) is 3.54. The van der Waals surface area contributed by atoms with Crippen LogP contribution in [-0.4, -0.2) is 4.98 Å². The molecule has 0 saturated heterocycles. The van der Waals surface area contributed by atoms with Crippen LogP contribution in [0.5, 0.6) is 0 Å². The third-order valence-corrected chi connectivity index (χ3v) is 11.2. The van der Waals surface area contributed by atoms with Gasteiger partial charge in [0.25, 0.3) is 0 Å². The largest absolute Gasteiger partial charge is 0.454 e. The van der Waals surface area contributed by atoms with Gasteiger partial charge in [0.05, 0.1) is 11.9 Å². The molecule has 2 aromatic heterocycles. The van der Waals surface area contributed by atoms with Gasteiger partial charge in [-0.1, -0.05) is 97.1 Å². The lowest BCUT2D eigenvalue weighted by molar-refractivity contribution is 0.668. The first-order valence-electron chi connectivity index (χ1n) is 18.6. The van der Waals surface area contributed by atoms with E-state index in [1.165, 1.54) is 71.4 Å². The summed E-state index contributed by atoms with van der Waals surface area (Å²) < 4.78 is 6.49. The minimum Gasteiger partial charge on any atom is -0.454 e. The Morgan fingerprint density at radius 3 is 1.39 bits per heavy atom. The van der Waals surface area contributed by atoms with Crippen LogP contribution in [-0.2, 0) is 0 Å². The fourth-order valence-corrected chi connectivity index (χ4v) is 7.91. The van der Waals surface area contributed by atoms with Crippen molar-refractivity contribution in [1.82, 2.24) is 4.98 Å². The maximum atomic E-state index is 6.49. The molecule has 2 heterocycles. The zero-order chi connectivity index (χ0) is 36.5. The third kappa shape index (κ3) is 5.48. The van der Waals surface area contributed by atoms with Gasteiger partial charge >= 0.3 is 0 Å². The highest BCUT2D eigenvalue weighted by Gasteiger charge is 2.18. The molecule has 0 spiro atoms. The van der Waals surface area contributed by atoms with Gasteiger partial charge in [-0.3, -0.25) is 0 Å². The molecule has 10 rings (SSSR count). The first-order chi connectivity index (χ1) is 26.3. The van der Waals surface area contributed by atoms with E-state index in [1.807, 2.05) is 6.20 Å². The number of hydrogen-bond donors (Lipinski definition) is 0. The molecule has 0 bridgehead atoms. The number of hydrogen-bond acceptors (Lipinski definition) is 3. The number of nitrogens with zero attached hydrogens (tertiary/aromatic N) is 2. The predicted molar refractivity (Wildman–Crippen MR) is 229 cm³/mol. The van der Waals surface area contributed by atoms with Crippen molar-refractivity contribution in [3.63, 3.8) is 0 Å². The second-order valence-electron chi connectivity index (χ2n) is 14.8. The van der Waals surface area contributed by atoms with Crippen molar-refractivity contribution in [1.29, 1.82) is 0 Å². The summed E-state index contributed by atoms with van der Waals surface area (Å²) in [5.41, 5.74) is 15.5. The smallest absolute Gasteiger partial charge is 0.155 e. The molecule has 0 aliphatic rings. The molecule has 0 fully saturated rings. The van der Waals surface area contributed by atoms with Gasteiger partial charge < -0.3 is 9.32 Å². The van der Waals surface area contributed by atoms with Crippen molar-refractivity contribution in [3.05, 3.63) is 180 Å². The van der Waals surface area contributed by atoms with Gasteiger partial charge in [-0.05, 0) is 153 Å². The molecule has 0 radical (unpaired) electrons. The lowest BCUT2D eigenvalue weighted by Crippen LogP contribution is -2.10. The molecule has 0 amide bonds. The monoisotopic (exact) mass is 694 g/mol. The highest BCUT2D eigenvalue weighted by atomic mass is 16.3. The van der Waals surface area contributed by atoms with Gasteiger partial charge in [-0.25, -0.2) is 4.98 Å². The highest BCUT2D eigenvalue weighted by molar-refractivity contribution is 6.09. The molecular weight excluding hydrogens is 657 g/mol. The number of aryl methyl sites for hydroxylation is 4. The molecule has 0 saturated carbocycles. The van der Waals surface area contributed by atoms with Crippen molar-refractivity contribution < 1.29 is 4.42 Å². The van der Waals surface area contributed by atoms with E-state index in [1.54, 1.807) is 0 Å². The molecule has 0 N–H and O–H groups in total. The van der Waals surface area contributed by atoms with Crippen LogP contribution in [0.1, 0.15) is 22.3 Å². The molecule has 258 valence electrons. The van der Waals surface area contributed by atoms with Crippen molar-refractivity contribution >= 4 is 71.4 Å². The quantitative estimate of drug-likeness (QED) is 0.180. The van der Waals surface area contributed by atoms with E-state index in [9.17, 15) is 0 Å². The fraction of sp³-hybridized carbons (Fsp3) is 0.0784. The summed E-state index contributed by atoms with van der Waals surface area (Å²) in [6.45, 7) is 8.71. The number of pyridine rings is 1. The molecule has 54 heavy (non-hydrogen) atoms. The predicted octanol–water partition coefficient (Wildman–Crippen LogP) is 14.5. The summed E-state index contributed by atoms with van der Waals surface area (Å²) >= 11 is 0. The number of fused-ring (bicyclic) bond motifs is 6. The minimum atomic E-state index is 0.763. The van der Waals surface area contributed by atoms with Gasteiger partial charge in [0.2, 0.25) is 0 Å². The van der Waals surface area contributed by atoms with E-state index >= 15 is 0 Å². The summed E-state index contributed by atoms with van der Waals surface area (Å²) in [7, 11) is 0. The van der Waals surface area contributed by atoms with Crippen LogP contribution < -0.4 is 4.90 Å². The fourth-order valence-electron chi connectivity index (χ4n) is 7.91. The van der Waals surface area contributed by atoms with Crippen molar-refractivity contribution in [2.45, 2.75) is 27.7 Å². The maximum Gasteiger partial charge on any atom is 0.155 e. The Bertz CT molecular complexity index is 2950. The zero-order valence-corrected chi connectivity index (χ0v) is 30.8. The Morgan fingerprint density at radius 1 is 0.389 bits per heavy atom. The molecule has 0 unspecified atom stereocenters. The van der Waals surface area contributed by atoms with Crippen LogP contribution in [0.4, 0.5) is 17.1 Å². The Balaban J connectivity index is 1.07. The standard InChI is InChI=1S/C51H38N2O/c1-31-21-39-9-11-41(25-43(39)23-33(31)3)35-13-17-45(18-14-35)53(46-19-15-36(16-20-46)42-12-10-40-22-32(2)34(4)24-44(40)26-42)47-29-50-51(52-30-47)48-27-37-7-5-6-8-38(37)28-49(48)54-50/h5-30H,1-4H3. The SMILES string of the molecule is Cc1cc2ccc(-c3ccc(N(c4ccc(-c5ccc6cc(C)c(C)cc6c5)cc4)c4cnc5c(c4)oc4cc6ccccc6cc45)cc3)cc2cc1C. The Labute approximate surface area is 314 Å². The number of rotatable bonds is 5. The zero-order valence-electron chi connectivity index (χ0n) is 30.8. The van der Waals surface area contributed by atoms with Crippen molar-refractivity contribution in [3.8, 4) is 22.3 Å². The number of aromatic nitrogens is 1. The van der Waals surface area contributed by atoms with Crippen molar-refractivity contribution in [2.75, 3.05) is 4.90 Å². The van der Waals surface area contributed by atoms with Gasteiger partial charge in [0.15, 0.2) is 5.58 Å². The lowest BCUT2D eigenvalue weighted by Gasteiger charge is -2.25. The Morgan fingerprint density at radius 2 is 0.852 bits per heavy atom. The molecule has 10 aromatic rings. The van der Waals surface area contributed by atoms with Crippen LogP contribution in [0.2, 0.25) is 0 Å². The van der Waals surface area contributed by atoms with Crippen LogP contribution >= 0.6 is 0 Å². The van der Waals surface area contributed by atoms with Gasteiger partial charge in [-0.15, -0.1) is 0 Å². The highest BCUT2D eigenvalue weighted by Crippen LogP contribution is 2.40. The Kier molecular flexibility index (Phi) is 7.38. The normalized spacial score (nSPS) is 11.7. The van der Waals surface area contributed by atoms with E-state index in [4.69, 9.17) is 9.40 Å². The lowest BCUT2D eigenvalue weighted by atomic mass is 9.97. The Hall–Kier alpha value is -6.71. The van der Waals surface area contributed by atoms with Crippen LogP contribution in [0, 0.1) is 27.7 Å². The van der Waals surface area contributed by atoms with E-state index in [2.05, 4.69) is 184 Å². The molecule has 0 aliphatic heterocycles.